The van der Waals surface area contributed by atoms with Crippen LogP contribution in [0.15, 0.2) is 117 Å². The molecule has 0 aliphatic heterocycles. The van der Waals surface area contributed by atoms with Crippen molar-refractivity contribution in [3.05, 3.63) is 130 Å². The number of benzene rings is 4. The molecule has 0 N–H and O–H groups in total. The van der Waals surface area contributed by atoms with Gasteiger partial charge in [-0.1, -0.05) is 0 Å². The summed E-state index contributed by atoms with van der Waals surface area (Å²) >= 11 is -2.33. The Bertz CT molecular complexity index is 2040. The minimum absolute atomic E-state index is 0. The predicted octanol–water partition coefficient (Wildman–Crippen LogP) is 6.28. The third-order valence-corrected chi connectivity index (χ3v) is 29.4. The Morgan fingerprint density at radius 1 is 0.562 bits per heavy atom. The van der Waals surface area contributed by atoms with Gasteiger partial charge in [0.05, 0.1) is 0 Å². The van der Waals surface area contributed by atoms with Crippen LogP contribution in [0.1, 0.15) is 57.2 Å². The molecular formula is C42H40Cl2O2SiZr. The summed E-state index contributed by atoms with van der Waals surface area (Å²) in [7, 11) is 0. The molecule has 2 aromatic heterocycles. The first-order valence-electron chi connectivity index (χ1n) is 16.6. The van der Waals surface area contributed by atoms with Gasteiger partial charge in [0.1, 0.15) is 0 Å². The van der Waals surface area contributed by atoms with E-state index in [1.54, 1.807) is 22.3 Å². The van der Waals surface area contributed by atoms with Crippen LogP contribution in [0.5, 0.6) is 0 Å². The fourth-order valence-corrected chi connectivity index (χ4v) is 28.9. The van der Waals surface area contributed by atoms with Gasteiger partial charge in [0.15, 0.2) is 0 Å². The van der Waals surface area contributed by atoms with Gasteiger partial charge >= 0.3 is 282 Å². The predicted molar refractivity (Wildman–Crippen MR) is 192 cm³/mol. The molecule has 6 aromatic rings. The molecule has 6 heteroatoms. The number of fused-ring (bicyclic) bond motifs is 4. The minimum Gasteiger partial charge on any atom is -1.00 e. The molecule has 8 rings (SSSR count). The van der Waals surface area contributed by atoms with Crippen molar-refractivity contribution in [1.82, 2.24) is 0 Å². The Hall–Kier alpha value is -2.88. The molecule has 0 amide bonds. The summed E-state index contributed by atoms with van der Waals surface area (Å²) in [5, 5.41) is 2.33. The Kier molecular flexibility index (Phi) is 10.0. The van der Waals surface area contributed by atoms with Crippen LogP contribution in [0.2, 0.25) is 13.1 Å². The smallest absolute Gasteiger partial charge is 1.00 e. The fourth-order valence-electron chi connectivity index (χ4n) is 7.95. The molecule has 2 aliphatic rings. The molecule has 0 saturated carbocycles. The third-order valence-electron chi connectivity index (χ3n) is 10.1. The van der Waals surface area contributed by atoms with Gasteiger partial charge < -0.3 is 24.8 Å². The normalized spacial score (nSPS) is 16.2. The van der Waals surface area contributed by atoms with Crippen LogP contribution in [0.25, 0.3) is 56.7 Å². The first-order valence-corrected chi connectivity index (χ1v) is 25.7. The van der Waals surface area contributed by atoms with Gasteiger partial charge in [0.2, 0.25) is 0 Å². The maximum atomic E-state index is 6.47. The van der Waals surface area contributed by atoms with Crippen molar-refractivity contribution in [3.63, 3.8) is 0 Å². The van der Waals surface area contributed by atoms with Gasteiger partial charge in [-0.3, -0.25) is 0 Å². The molecule has 2 heterocycles. The van der Waals surface area contributed by atoms with Crippen LogP contribution in [-0.2, 0) is 20.4 Å². The van der Waals surface area contributed by atoms with E-state index in [0.717, 1.165) is 33.5 Å². The number of hydrogen-bond donors (Lipinski definition) is 0. The van der Waals surface area contributed by atoms with Crippen molar-refractivity contribution >= 4 is 39.5 Å². The van der Waals surface area contributed by atoms with Crippen LogP contribution < -0.4 is 24.8 Å². The number of para-hydroxylation sites is 2. The number of furan rings is 2. The third kappa shape index (κ3) is 5.77. The van der Waals surface area contributed by atoms with Crippen LogP contribution in [0.4, 0.5) is 0 Å². The minimum atomic E-state index is -2.33. The summed E-state index contributed by atoms with van der Waals surface area (Å²) in [6.45, 7) is 14.9. The van der Waals surface area contributed by atoms with Crippen LogP contribution in [0, 0.1) is 11.8 Å². The number of halogens is 2. The Labute approximate surface area is 304 Å². The van der Waals surface area contributed by atoms with Crippen molar-refractivity contribution in [3.8, 4) is 22.6 Å². The molecule has 4 aromatic carbocycles. The van der Waals surface area contributed by atoms with E-state index in [0.29, 0.717) is 19.1 Å². The molecule has 2 atom stereocenters. The van der Waals surface area contributed by atoms with Crippen molar-refractivity contribution < 1.29 is 54.0 Å². The van der Waals surface area contributed by atoms with E-state index in [9.17, 15) is 0 Å². The summed E-state index contributed by atoms with van der Waals surface area (Å²) in [6, 6.07) is 35.2. The second-order valence-corrected chi connectivity index (χ2v) is 31.7. The second kappa shape index (κ2) is 13.8. The van der Waals surface area contributed by atoms with E-state index in [1.165, 1.54) is 22.3 Å². The largest absolute Gasteiger partial charge is 1.00 e. The second-order valence-electron chi connectivity index (χ2n) is 13.8. The average Bonchev–Trinajstić information content (AvgIpc) is 3.83. The molecule has 0 radical (unpaired) electrons. The van der Waals surface area contributed by atoms with Crippen molar-refractivity contribution in [2.24, 2.45) is 11.8 Å². The number of rotatable bonds is 6. The topological polar surface area (TPSA) is 26.3 Å². The first kappa shape index (κ1) is 35.0. The molecule has 0 bridgehead atoms. The summed E-state index contributed by atoms with van der Waals surface area (Å²) in [4.78, 5) is 0. The van der Waals surface area contributed by atoms with E-state index in [4.69, 9.17) is 8.83 Å². The van der Waals surface area contributed by atoms with E-state index in [-0.39, 0.29) is 24.8 Å². The maximum absolute atomic E-state index is 6.47. The molecule has 2 unspecified atom stereocenters. The van der Waals surface area contributed by atoms with E-state index < -0.39 is 25.8 Å². The zero-order chi connectivity index (χ0) is 31.7. The Balaban J connectivity index is 0.00000201. The summed E-state index contributed by atoms with van der Waals surface area (Å²) in [5.41, 5.74) is 13.0. The quantitative estimate of drug-likeness (QED) is 0.187. The molecule has 2 nitrogen and oxygen atoms in total. The summed E-state index contributed by atoms with van der Waals surface area (Å²) < 4.78 is 14.0. The van der Waals surface area contributed by atoms with Crippen molar-refractivity contribution in [1.29, 1.82) is 0 Å². The molecule has 0 fully saturated rings. The van der Waals surface area contributed by atoms with Crippen molar-refractivity contribution in [2.75, 3.05) is 0 Å². The van der Waals surface area contributed by atoms with Gasteiger partial charge in [-0.25, -0.2) is 0 Å². The van der Waals surface area contributed by atoms with E-state index >= 15 is 0 Å². The zero-order valence-corrected chi connectivity index (χ0v) is 33.2. The first-order chi connectivity index (χ1) is 22.3. The molecule has 0 saturated heterocycles. The number of allylic oxidation sites excluding steroid dienone is 2. The Morgan fingerprint density at radius 3 is 1.35 bits per heavy atom. The van der Waals surface area contributed by atoms with Crippen molar-refractivity contribution in [2.45, 2.75) is 48.0 Å². The van der Waals surface area contributed by atoms with Crippen LogP contribution >= 0.6 is 0 Å². The van der Waals surface area contributed by atoms with Crippen LogP contribution in [0.3, 0.4) is 0 Å². The van der Waals surface area contributed by atoms with Gasteiger partial charge in [0, 0.05) is 0 Å². The van der Waals surface area contributed by atoms with E-state index in [2.05, 4.69) is 150 Å². The molecular weight excluding hydrogens is 727 g/mol. The van der Waals surface area contributed by atoms with Crippen LogP contribution in [-0.4, -0.2) is 5.43 Å². The summed E-state index contributed by atoms with van der Waals surface area (Å²) in [6.07, 6.45) is 5.13. The SMILES string of the molecule is CC(C)C1=Cc2c(-c3cc4ccccc4o3)cccc2[CH]1[Zr+2]([CH]1C(C(C)C)=Cc2c(-c3cc4ccccc4o3)cccc21)=[Si](C)C.[Cl-].[Cl-]. The Morgan fingerprint density at radius 2 is 0.979 bits per heavy atom. The molecule has 2 aliphatic carbocycles. The fraction of sp³-hybridized carbons (Fsp3) is 0.238. The molecule has 242 valence electrons. The zero-order valence-electron chi connectivity index (χ0n) is 28.3. The standard InChI is InChI=1S/2C20H17O.C2H6Si.2ClH.Zr/c2*1-13(2)16-10-14-7-5-8-17(18(14)11-16)20-12-15-6-3-4-9-19(15)21-20;1-3-2;;;/h2*3-13H,1-2H3;1-2H3;2*1H;/q;;;;;+2/p-2. The average molecular weight is 767 g/mol. The number of hydrogen-bond acceptors (Lipinski definition) is 2. The van der Waals surface area contributed by atoms with Gasteiger partial charge in [-0.05, 0) is 0 Å². The monoisotopic (exact) mass is 764 g/mol. The molecule has 0 spiro atoms. The van der Waals surface area contributed by atoms with Gasteiger partial charge in [-0.15, -0.1) is 0 Å². The van der Waals surface area contributed by atoms with E-state index in [1.807, 2.05) is 0 Å². The maximum Gasteiger partial charge on any atom is -1.00 e. The summed E-state index contributed by atoms with van der Waals surface area (Å²) in [5.74, 6) is 2.94. The van der Waals surface area contributed by atoms with Gasteiger partial charge in [0.25, 0.3) is 0 Å². The van der Waals surface area contributed by atoms with Gasteiger partial charge in [-0.2, -0.15) is 0 Å². The molecule has 48 heavy (non-hydrogen) atoms.